The Kier molecular flexibility index (Phi) is 4.79. The summed E-state index contributed by atoms with van der Waals surface area (Å²) in [5, 5.41) is 4.20. The summed E-state index contributed by atoms with van der Waals surface area (Å²) in [4.78, 5) is 25.0. The Bertz CT molecular complexity index is 994. The van der Waals surface area contributed by atoms with Crippen molar-refractivity contribution in [2.75, 3.05) is 12.4 Å². The Balaban J connectivity index is 1.98. The number of methoxy groups -OCH3 is 1. The number of ether oxygens (including phenoxy) is 1. The molecular weight excluding hydrogens is 358 g/mol. The van der Waals surface area contributed by atoms with Crippen LogP contribution in [-0.4, -0.2) is 19.0 Å². The van der Waals surface area contributed by atoms with Gasteiger partial charge in [0.05, 0.1) is 17.7 Å². The lowest BCUT2D eigenvalue weighted by Crippen LogP contribution is -2.13. The van der Waals surface area contributed by atoms with Gasteiger partial charge in [0.25, 0.3) is 5.91 Å². The fourth-order valence-electron chi connectivity index (χ4n) is 2.70. The standard InChI is InChI=1S/C19H16ClNO3S/c1-10-6-4-9-14-15(10)16(20)17(25-14)18(22)21-13-8-5-7-12(11(13)2)19(23)24-3/h4-9H,1-3H3,(H,21,22). The first-order valence-electron chi connectivity index (χ1n) is 7.61. The third-order valence-electron chi connectivity index (χ3n) is 4.06. The minimum absolute atomic E-state index is 0.296. The van der Waals surface area contributed by atoms with Crippen LogP contribution >= 0.6 is 22.9 Å². The van der Waals surface area contributed by atoms with Gasteiger partial charge in [0, 0.05) is 15.8 Å². The number of hydrogen-bond acceptors (Lipinski definition) is 4. The lowest BCUT2D eigenvalue weighted by molar-refractivity contribution is 0.0599. The average molecular weight is 374 g/mol. The summed E-state index contributed by atoms with van der Waals surface area (Å²) in [6, 6.07) is 11.0. The number of amides is 1. The first kappa shape index (κ1) is 17.5. The fourth-order valence-corrected chi connectivity index (χ4v) is 4.28. The van der Waals surface area contributed by atoms with Gasteiger partial charge in [-0.25, -0.2) is 4.79 Å². The van der Waals surface area contributed by atoms with Crippen LogP contribution in [0.1, 0.15) is 31.2 Å². The van der Waals surface area contributed by atoms with Gasteiger partial charge in [0.15, 0.2) is 0 Å². The van der Waals surface area contributed by atoms with Crippen molar-refractivity contribution in [1.82, 2.24) is 0 Å². The molecule has 0 bridgehead atoms. The van der Waals surface area contributed by atoms with E-state index in [2.05, 4.69) is 5.32 Å². The van der Waals surface area contributed by atoms with E-state index < -0.39 is 5.97 Å². The molecule has 4 nitrogen and oxygen atoms in total. The highest BCUT2D eigenvalue weighted by Crippen LogP contribution is 2.37. The molecule has 0 unspecified atom stereocenters. The van der Waals surface area contributed by atoms with Crippen LogP contribution in [0, 0.1) is 13.8 Å². The van der Waals surface area contributed by atoms with Crippen molar-refractivity contribution in [3.05, 3.63) is 63.0 Å². The Morgan fingerprint density at radius 1 is 1.12 bits per heavy atom. The van der Waals surface area contributed by atoms with E-state index in [4.69, 9.17) is 16.3 Å². The van der Waals surface area contributed by atoms with Crippen molar-refractivity contribution < 1.29 is 14.3 Å². The summed E-state index contributed by atoms with van der Waals surface area (Å²) in [6.07, 6.45) is 0. The van der Waals surface area contributed by atoms with Crippen LogP contribution in [0.15, 0.2) is 36.4 Å². The molecule has 1 amide bonds. The highest BCUT2D eigenvalue weighted by Gasteiger charge is 2.20. The zero-order valence-corrected chi connectivity index (χ0v) is 15.5. The molecule has 1 aromatic heterocycles. The zero-order valence-electron chi connectivity index (χ0n) is 14.0. The van der Waals surface area contributed by atoms with Gasteiger partial charge in [-0.15, -0.1) is 11.3 Å². The van der Waals surface area contributed by atoms with Crippen LogP contribution in [0.25, 0.3) is 10.1 Å². The number of hydrogen-bond donors (Lipinski definition) is 1. The van der Waals surface area contributed by atoms with Crippen molar-refractivity contribution in [3.63, 3.8) is 0 Å². The first-order chi connectivity index (χ1) is 11.9. The Labute approximate surface area is 154 Å². The quantitative estimate of drug-likeness (QED) is 0.641. The van der Waals surface area contributed by atoms with E-state index in [0.29, 0.717) is 26.7 Å². The number of halogens is 1. The topological polar surface area (TPSA) is 55.4 Å². The number of benzene rings is 2. The van der Waals surface area contributed by atoms with Crippen LogP contribution < -0.4 is 5.32 Å². The molecule has 1 heterocycles. The van der Waals surface area contributed by atoms with Crippen molar-refractivity contribution >= 4 is 50.6 Å². The Hall–Kier alpha value is -2.37. The van der Waals surface area contributed by atoms with Crippen LogP contribution in [0.5, 0.6) is 0 Å². The maximum atomic E-state index is 12.7. The monoisotopic (exact) mass is 373 g/mol. The van der Waals surface area contributed by atoms with E-state index in [9.17, 15) is 9.59 Å². The number of fused-ring (bicyclic) bond motifs is 1. The van der Waals surface area contributed by atoms with Crippen molar-refractivity contribution in [1.29, 1.82) is 0 Å². The molecule has 0 saturated carbocycles. The lowest BCUT2D eigenvalue weighted by atomic mass is 10.1. The highest BCUT2D eigenvalue weighted by atomic mass is 35.5. The maximum absolute atomic E-state index is 12.7. The second-order valence-corrected chi connectivity index (χ2v) is 7.05. The number of thiophene rings is 1. The third kappa shape index (κ3) is 3.13. The van der Waals surface area contributed by atoms with Gasteiger partial charge in [0.1, 0.15) is 4.88 Å². The molecule has 0 aliphatic rings. The SMILES string of the molecule is COC(=O)c1cccc(NC(=O)c2sc3cccc(C)c3c2Cl)c1C. The maximum Gasteiger partial charge on any atom is 0.338 e. The largest absolute Gasteiger partial charge is 0.465 e. The van der Waals surface area contributed by atoms with Crippen molar-refractivity contribution in [2.45, 2.75) is 13.8 Å². The van der Waals surface area contributed by atoms with E-state index in [0.717, 1.165) is 15.6 Å². The van der Waals surface area contributed by atoms with Gasteiger partial charge in [0.2, 0.25) is 0 Å². The molecule has 0 fully saturated rings. The van der Waals surface area contributed by atoms with Crippen LogP contribution in [0.4, 0.5) is 5.69 Å². The number of aryl methyl sites for hydroxylation is 1. The zero-order chi connectivity index (χ0) is 18.1. The number of rotatable bonds is 3. The van der Waals surface area contributed by atoms with Gasteiger partial charge in [-0.2, -0.15) is 0 Å². The van der Waals surface area contributed by atoms with Gasteiger partial charge >= 0.3 is 5.97 Å². The predicted molar refractivity (Wildman–Crippen MR) is 102 cm³/mol. The number of carbonyl (C=O) groups is 2. The van der Waals surface area contributed by atoms with Crippen LogP contribution in [0.3, 0.4) is 0 Å². The predicted octanol–water partition coefficient (Wildman–Crippen LogP) is 5.21. The van der Waals surface area contributed by atoms with Gasteiger partial charge in [-0.1, -0.05) is 29.8 Å². The molecule has 0 radical (unpaired) electrons. The number of carbonyl (C=O) groups excluding carboxylic acids is 2. The Morgan fingerprint density at radius 3 is 2.52 bits per heavy atom. The van der Waals surface area contributed by atoms with Crippen molar-refractivity contribution in [3.8, 4) is 0 Å². The number of nitrogens with one attached hydrogen (secondary N) is 1. The second kappa shape index (κ2) is 6.86. The van der Waals surface area contributed by atoms with Crippen LogP contribution in [-0.2, 0) is 4.74 Å². The summed E-state index contributed by atoms with van der Waals surface area (Å²) in [5.41, 5.74) is 2.65. The summed E-state index contributed by atoms with van der Waals surface area (Å²) in [6.45, 7) is 3.73. The lowest BCUT2D eigenvalue weighted by Gasteiger charge is -2.11. The van der Waals surface area contributed by atoms with E-state index in [1.54, 1.807) is 25.1 Å². The minimum Gasteiger partial charge on any atom is -0.465 e. The summed E-state index contributed by atoms with van der Waals surface area (Å²) in [7, 11) is 1.33. The number of esters is 1. The molecule has 3 aromatic rings. The fraction of sp³-hybridized carbons (Fsp3) is 0.158. The smallest absolute Gasteiger partial charge is 0.338 e. The molecule has 0 aliphatic heterocycles. The van der Waals surface area contributed by atoms with E-state index in [-0.39, 0.29) is 5.91 Å². The first-order valence-corrected chi connectivity index (χ1v) is 8.80. The van der Waals surface area contributed by atoms with E-state index in [1.807, 2.05) is 25.1 Å². The third-order valence-corrected chi connectivity index (χ3v) is 5.70. The second-order valence-electron chi connectivity index (χ2n) is 5.62. The number of anilines is 1. The van der Waals surface area contributed by atoms with Crippen molar-refractivity contribution in [2.24, 2.45) is 0 Å². The average Bonchev–Trinajstić information content (AvgIpc) is 2.94. The summed E-state index contributed by atoms with van der Waals surface area (Å²) >= 11 is 7.79. The molecule has 0 saturated heterocycles. The molecule has 3 rings (SSSR count). The normalized spacial score (nSPS) is 10.7. The van der Waals surface area contributed by atoms with Crippen LogP contribution in [0.2, 0.25) is 5.02 Å². The molecule has 2 aromatic carbocycles. The van der Waals surface area contributed by atoms with Gasteiger partial charge in [-0.3, -0.25) is 4.79 Å². The molecule has 0 aliphatic carbocycles. The van der Waals surface area contributed by atoms with E-state index >= 15 is 0 Å². The molecule has 25 heavy (non-hydrogen) atoms. The van der Waals surface area contributed by atoms with Gasteiger partial charge in [-0.05, 0) is 43.2 Å². The molecule has 6 heteroatoms. The molecule has 1 N–H and O–H groups in total. The molecular formula is C19H16ClNO3S. The van der Waals surface area contributed by atoms with Gasteiger partial charge < -0.3 is 10.1 Å². The molecule has 0 atom stereocenters. The van der Waals surface area contributed by atoms with E-state index in [1.165, 1.54) is 18.4 Å². The summed E-state index contributed by atoms with van der Waals surface area (Å²) in [5.74, 6) is -0.736. The molecule has 0 spiro atoms. The summed E-state index contributed by atoms with van der Waals surface area (Å²) < 4.78 is 5.73. The molecule has 128 valence electrons. The Morgan fingerprint density at radius 2 is 1.84 bits per heavy atom. The highest BCUT2D eigenvalue weighted by molar-refractivity contribution is 7.21. The minimum atomic E-state index is -0.441.